The molecule has 1 spiro atoms. The van der Waals surface area contributed by atoms with Crippen LogP contribution in [0.25, 0.3) is 0 Å². The van der Waals surface area contributed by atoms with E-state index in [0.717, 1.165) is 72.1 Å². The van der Waals surface area contributed by atoms with Gasteiger partial charge >= 0.3 is 0 Å². The summed E-state index contributed by atoms with van der Waals surface area (Å²) in [5.41, 5.74) is 1.17. The number of morpholine rings is 2. The van der Waals surface area contributed by atoms with Crippen LogP contribution in [0, 0.1) is 0 Å². The Hall–Kier alpha value is -1.42. The van der Waals surface area contributed by atoms with Crippen LogP contribution in [-0.2, 0) is 16.0 Å². The largest absolute Gasteiger partial charge is 0.493 e. The number of aliphatic hydroxyl groups excluding tert-OH is 1. The summed E-state index contributed by atoms with van der Waals surface area (Å²) in [6.45, 7) is 9.50. The summed E-state index contributed by atoms with van der Waals surface area (Å²) < 4.78 is 22.9. The summed E-state index contributed by atoms with van der Waals surface area (Å²) in [6.07, 6.45) is 0.531. The second-order valence-corrected chi connectivity index (χ2v) is 8.53. The van der Waals surface area contributed by atoms with Gasteiger partial charge < -0.3 is 29.4 Å². The third kappa shape index (κ3) is 5.63. The van der Waals surface area contributed by atoms with Crippen LogP contribution in [0.5, 0.6) is 11.5 Å². The van der Waals surface area contributed by atoms with Gasteiger partial charge in [-0.1, -0.05) is 6.07 Å². The fourth-order valence-corrected chi connectivity index (χ4v) is 4.55. The number of aliphatic hydroxyl groups is 1. The maximum Gasteiger partial charge on any atom is 0.161 e. The summed E-state index contributed by atoms with van der Waals surface area (Å²) in [5.74, 6) is 1.37. The zero-order valence-electron chi connectivity index (χ0n) is 18.0. The second-order valence-electron chi connectivity index (χ2n) is 8.53. The highest BCUT2D eigenvalue weighted by molar-refractivity contribution is 5.43. The van der Waals surface area contributed by atoms with Gasteiger partial charge in [0.25, 0.3) is 0 Å². The standard InChI is InChI=1S/C22H35N3O5/c1-27-21-12-18(13-25-8-11-30-22(17-25)4-5-23-16-22)2-3-20(21)29-15-19(26)14-24-6-9-28-10-7-24/h2-3,12,19,23,26H,4-11,13-17H2,1H3. The Balaban J connectivity index is 1.30. The predicted octanol–water partition coefficient (Wildman–Crippen LogP) is 0.331. The molecule has 0 amide bonds. The first-order valence-corrected chi connectivity index (χ1v) is 11.0. The Kier molecular flexibility index (Phi) is 7.45. The Morgan fingerprint density at radius 3 is 2.77 bits per heavy atom. The number of nitrogens with zero attached hydrogens (tertiary/aromatic N) is 2. The molecule has 8 nitrogen and oxygen atoms in total. The minimum atomic E-state index is -0.544. The van der Waals surface area contributed by atoms with E-state index in [1.165, 1.54) is 5.56 Å². The zero-order valence-corrected chi connectivity index (χ0v) is 18.0. The fraction of sp³-hybridized carbons (Fsp3) is 0.727. The van der Waals surface area contributed by atoms with Gasteiger partial charge in [-0.3, -0.25) is 9.80 Å². The smallest absolute Gasteiger partial charge is 0.161 e. The minimum Gasteiger partial charge on any atom is -0.493 e. The molecule has 3 aliphatic heterocycles. The van der Waals surface area contributed by atoms with Crippen LogP contribution in [0.2, 0.25) is 0 Å². The number of nitrogens with one attached hydrogen (secondary N) is 1. The van der Waals surface area contributed by atoms with E-state index in [2.05, 4.69) is 21.2 Å². The van der Waals surface area contributed by atoms with Gasteiger partial charge in [-0.05, 0) is 30.7 Å². The van der Waals surface area contributed by atoms with Gasteiger partial charge in [-0.25, -0.2) is 0 Å². The van der Waals surface area contributed by atoms with Crippen molar-refractivity contribution in [2.75, 3.05) is 79.4 Å². The third-order valence-electron chi connectivity index (χ3n) is 6.17. The highest BCUT2D eigenvalue weighted by atomic mass is 16.5. The molecule has 8 heteroatoms. The minimum absolute atomic E-state index is 0.0258. The van der Waals surface area contributed by atoms with E-state index in [-0.39, 0.29) is 12.2 Å². The summed E-state index contributed by atoms with van der Waals surface area (Å²) in [5, 5.41) is 13.8. The van der Waals surface area contributed by atoms with Crippen LogP contribution < -0.4 is 14.8 Å². The predicted molar refractivity (Wildman–Crippen MR) is 113 cm³/mol. The maximum absolute atomic E-state index is 10.3. The topological polar surface area (TPSA) is 75.7 Å². The molecule has 4 rings (SSSR count). The normalized spacial score (nSPS) is 26.7. The lowest BCUT2D eigenvalue weighted by molar-refractivity contribution is -0.0984. The molecule has 0 aliphatic carbocycles. The van der Waals surface area contributed by atoms with Crippen molar-refractivity contribution >= 4 is 0 Å². The lowest BCUT2D eigenvalue weighted by Gasteiger charge is -2.40. The number of hydrogen-bond acceptors (Lipinski definition) is 8. The highest BCUT2D eigenvalue weighted by Crippen LogP contribution is 2.30. The molecule has 2 N–H and O–H groups in total. The van der Waals surface area contributed by atoms with Gasteiger partial charge in [0, 0.05) is 45.8 Å². The maximum atomic E-state index is 10.3. The molecule has 3 aliphatic rings. The molecule has 168 valence electrons. The number of hydrogen-bond donors (Lipinski definition) is 2. The van der Waals surface area contributed by atoms with Gasteiger partial charge in [0.15, 0.2) is 11.5 Å². The Labute approximate surface area is 179 Å². The number of methoxy groups -OCH3 is 1. The molecule has 0 saturated carbocycles. The van der Waals surface area contributed by atoms with Crippen LogP contribution in [-0.4, -0.2) is 106 Å². The summed E-state index contributed by atoms with van der Waals surface area (Å²) in [4.78, 5) is 4.66. The van der Waals surface area contributed by atoms with Gasteiger partial charge in [0.05, 0.1) is 32.5 Å². The molecule has 0 bridgehead atoms. The fourth-order valence-electron chi connectivity index (χ4n) is 4.55. The van der Waals surface area contributed by atoms with Gasteiger partial charge in [-0.15, -0.1) is 0 Å². The Bertz CT molecular complexity index is 677. The van der Waals surface area contributed by atoms with Crippen LogP contribution >= 0.6 is 0 Å². The molecule has 2 unspecified atom stereocenters. The van der Waals surface area contributed by atoms with Crippen LogP contribution in [0.1, 0.15) is 12.0 Å². The quantitative estimate of drug-likeness (QED) is 0.622. The van der Waals surface area contributed by atoms with Gasteiger partial charge in [0.1, 0.15) is 12.7 Å². The third-order valence-corrected chi connectivity index (χ3v) is 6.17. The van der Waals surface area contributed by atoms with Crippen LogP contribution in [0.3, 0.4) is 0 Å². The first-order valence-electron chi connectivity index (χ1n) is 11.0. The van der Waals surface area contributed by atoms with E-state index in [0.29, 0.717) is 18.0 Å². The molecule has 1 aromatic rings. The van der Waals surface area contributed by atoms with Crippen molar-refractivity contribution in [3.63, 3.8) is 0 Å². The Morgan fingerprint density at radius 1 is 1.17 bits per heavy atom. The molecule has 0 aromatic heterocycles. The average Bonchev–Trinajstić information content (AvgIpc) is 3.20. The summed E-state index contributed by atoms with van der Waals surface area (Å²) in [6, 6.07) is 6.07. The van der Waals surface area contributed by atoms with Crippen molar-refractivity contribution in [3.8, 4) is 11.5 Å². The molecule has 1 aromatic carbocycles. The second kappa shape index (κ2) is 10.3. The molecule has 30 heavy (non-hydrogen) atoms. The van der Waals surface area contributed by atoms with E-state index in [9.17, 15) is 5.11 Å². The van der Waals surface area contributed by atoms with Crippen molar-refractivity contribution in [2.45, 2.75) is 24.7 Å². The van der Waals surface area contributed by atoms with Crippen LogP contribution in [0.4, 0.5) is 0 Å². The van der Waals surface area contributed by atoms with Gasteiger partial charge in [0.2, 0.25) is 0 Å². The van der Waals surface area contributed by atoms with Crippen molar-refractivity contribution in [2.24, 2.45) is 0 Å². The summed E-state index contributed by atoms with van der Waals surface area (Å²) >= 11 is 0. The van der Waals surface area contributed by atoms with Crippen molar-refractivity contribution in [1.82, 2.24) is 15.1 Å². The lowest BCUT2D eigenvalue weighted by atomic mass is 10.00. The molecular weight excluding hydrogens is 386 g/mol. The van der Waals surface area contributed by atoms with E-state index < -0.39 is 6.10 Å². The summed E-state index contributed by atoms with van der Waals surface area (Å²) in [7, 11) is 1.66. The van der Waals surface area contributed by atoms with E-state index in [4.69, 9.17) is 18.9 Å². The molecule has 3 fully saturated rings. The van der Waals surface area contributed by atoms with E-state index in [1.807, 2.05) is 12.1 Å². The van der Waals surface area contributed by atoms with Crippen LogP contribution in [0.15, 0.2) is 18.2 Å². The highest BCUT2D eigenvalue weighted by Gasteiger charge is 2.39. The SMILES string of the molecule is COc1cc(CN2CCOC3(CCNC3)C2)ccc1OCC(O)CN1CCOCC1. The molecule has 3 saturated heterocycles. The first kappa shape index (κ1) is 21.8. The van der Waals surface area contributed by atoms with Crippen molar-refractivity contribution < 1.29 is 24.1 Å². The molecule has 0 radical (unpaired) electrons. The van der Waals surface area contributed by atoms with Crippen molar-refractivity contribution in [3.05, 3.63) is 23.8 Å². The lowest BCUT2D eigenvalue weighted by Crippen LogP contribution is -2.52. The monoisotopic (exact) mass is 421 g/mol. The number of rotatable bonds is 8. The molecular formula is C22H35N3O5. The number of benzene rings is 1. The Morgan fingerprint density at radius 2 is 2.00 bits per heavy atom. The van der Waals surface area contributed by atoms with Crippen molar-refractivity contribution in [1.29, 1.82) is 0 Å². The number of ether oxygens (including phenoxy) is 4. The van der Waals surface area contributed by atoms with E-state index in [1.54, 1.807) is 7.11 Å². The molecule has 2 atom stereocenters. The van der Waals surface area contributed by atoms with Gasteiger partial charge in [-0.2, -0.15) is 0 Å². The zero-order chi connectivity index (χ0) is 20.8. The average molecular weight is 422 g/mol. The van der Waals surface area contributed by atoms with E-state index >= 15 is 0 Å². The number of β-amino-alcohol motifs (C(OH)–C–C–N with tert-alkyl or cyclic N) is 1. The first-order chi connectivity index (χ1) is 14.7. The molecule has 3 heterocycles.